The van der Waals surface area contributed by atoms with Crippen LogP contribution >= 0.6 is 0 Å². The van der Waals surface area contributed by atoms with E-state index in [2.05, 4.69) is 25.2 Å². The largest absolute Gasteiger partial charge is 0.326 e. The van der Waals surface area contributed by atoms with E-state index < -0.39 is 0 Å². The van der Waals surface area contributed by atoms with Crippen LogP contribution in [-0.2, 0) is 17.8 Å². The molecule has 1 heterocycles. The van der Waals surface area contributed by atoms with Crippen LogP contribution in [0.3, 0.4) is 0 Å². The second-order valence-electron chi connectivity index (χ2n) is 4.25. The Kier molecular flexibility index (Phi) is 2.49. The highest BCUT2D eigenvalue weighted by Gasteiger charge is 2.23. The van der Waals surface area contributed by atoms with Crippen molar-refractivity contribution in [2.75, 3.05) is 5.32 Å². The number of rotatable bonds is 2. The third-order valence-electron chi connectivity index (χ3n) is 2.88. The molecule has 0 spiro atoms. The van der Waals surface area contributed by atoms with Crippen LogP contribution in [0.2, 0.25) is 0 Å². The summed E-state index contributed by atoms with van der Waals surface area (Å²) in [6.07, 6.45) is 0.497. The molecule has 0 radical (unpaired) electrons. The molecule has 2 rings (SSSR count). The van der Waals surface area contributed by atoms with Crippen LogP contribution in [0.5, 0.6) is 0 Å². The molecule has 1 aliphatic rings. The average molecular weight is 204 g/mol. The van der Waals surface area contributed by atoms with Crippen molar-refractivity contribution < 1.29 is 4.79 Å². The lowest BCUT2D eigenvalue weighted by Crippen LogP contribution is -2.06. The Hall–Kier alpha value is -1.35. The number of anilines is 1. The number of hydrogen-bond donors (Lipinski definition) is 2. The number of hydrogen-bond acceptors (Lipinski definition) is 2. The lowest BCUT2D eigenvalue weighted by molar-refractivity contribution is -0.115. The smallest absolute Gasteiger partial charge is 0.228 e. The molecule has 1 aromatic rings. The summed E-state index contributed by atoms with van der Waals surface area (Å²) in [6.45, 7) is 4.75. The van der Waals surface area contributed by atoms with Crippen LogP contribution in [0.4, 0.5) is 5.69 Å². The number of amides is 1. The molecule has 1 amide bonds. The predicted molar refractivity (Wildman–Crippen MR) is 60.8 cm³/mol. The number of carbonyl (C=O) groups is 1. The highest BCUT2D eigenvalue weighted by molar-refractivity contribution is 6.00. The minimum atomic E-state index is 0.0767. The van der Waals surface area contributed by atoms with Gasteiger partial charge in [0.2, 0.25) is 5.91 Å². The zero-order valence-electron chi connectivity index (χ0n) is 9.13. The van der Waals surface area contributed by atoms with Gasteiger partial charge in [-0.2, -0.15) is 0 Å². The Morgan fingerprint density at radius 2 is 2.20 bits per heavy atom. The van der Waals surface area contributed by atoms with E-state index in [1.807, 2.05) is 6.07 Å². The maximum atomic E-state index is 11.4. The molecule has 0 atom stereocenters. The third-order valence-corrected chi connectivity index (χ3v) is 2.88. The average Bonchev–Trinajstić information content (AvgIpc) is 2.56. The summed E-state index contributed by atoms with van der Waals surface area (Å²) in [5, 5.41) is 2.89. The molecule has 3 heteroatoms. The van der Waals surface area contributed by atoms with Gasteiger partial charge in [0, 0.05) is 12.2 Å². The standard InChI is InChI=1S/C12H16N2O/c1-7(2)9-4-3-8(6-13)12-10(9)5-11(15)14-12/h3-4,7H,5-6,13H2,1-2H3,(H,14,15). The van der Waals surface area contributed by atoms with Crippen LogP contribution in [0, 0.1) is 0 Å². The quantitative estimate of drug-likeness (QED) is 0.771. The van der Waals surface area contributed by atoms with Gasteiger partial charge in [-0.15, -0.1) is 0 Å². The van der Waals surface area contributed by atoms with Crippen LogP contribution in [0.25, 0.3) is 0 Å². The SMILES string of the molecule is CC(C)c1ccc(CN)c2c1CC(=O)N2. The maximum Gasteiger partial charge on any atom is 0.228 e. The molecule has 0 fully saturated rings. The molecule has 1 aliphatic heterocycles. The fourth-order valence-electron chi connectivity index (χ4n) is 2.11. The Labute approximate surface area is 89.7 Å². The lowest BCUT2D eigenvalue weighted by Gasteiger charge is -2.13. The molecule has 0 saturated heterocycles. The molecule has 15 heavy (non-hydrogen) atoms. The summed E-state index contributed by atoms with van der Waals surface area (Å²) in [6, 6.07) is 4.10. The first-order valence-electron chi connectivity index (χ1n) is 5.28. The molecular weight excluding hydrogens is 188 g/mol. The van der Waals surface area contributed by atoms with Crippen molar-refractivity contribution in [3.63, 3.8) is 0 Å². The topological polar surface area (TPSA) is 55.1 Å². The molecule has 0 aliphatic carbocycles. The Morgan fingerprint density at radius 3 is 2.80 bits per heavy atom. The van der Waals surface area contributed by atoms with Crippen LogP contribution < -0.4 is 11.1 Å². The first kappa shape index (κ1) is 10.2. The van der Waals surface area contributed by atoms with Gasteiger partial charge in [-0.1, -0.05) is 26.0 Å². The second-order valence-corrected chi connectivity index (χ2v) is 4.25. The molecule has 0 unspecified atom stereocenters. The van der Waals surface area contributed by atoms with Gasteiger partial charge in [-0.05, 0) is 22.6 Å². The number of nitrogens with two attached hydrogens (primary N) is 1. The van der Waals surface area contributed by atoms with Gasteiger partial charge in [-0.25, -0.2) is 0 Å². The molecule has 3 N–H and O–H groups in total. The van der Waals surface area contributed by atoms with E-state index in [0.717, 1.165) is 16.8 Å². The summed E-state index contributed by atoms with van der Waals surface area (Å²) >= 11 is 0. The molecule has 0 aromatic heterocycles. The van der Waals surface area contributed by atoms with Crippen LogP contribution in [0.15, 0.2) is 12.1 Å². The number of benzene rings is 1. The Balaban J connectivity index is 2.56. The zero-order valence-corrected chi connectivity index (χ0v) is 9.13. The lowest BCUT2D eigenvalue weighted by atomic mass is 9.93. The molecule has 0 saturated carbocycles. The van der Waals surface area contributed by atoms with Gasteiger partial charge in [0.15, 0.2) is 0 Å². The summed E-state index contributed by atoms with van der Waals surface area (Å²) < 4.78 is 0. The first-order chi connectivity index (χ1) is 7.13. The van der Waals surface area contributed by atoms with Gasteiger partial charge < -0.3 is 11.1 Å². The third kappa shape index (κ3) is 1.63. The summed E-state index contributed by atoms with van der Waals surface area (Å²) in [5.41, 5.74) is 10.0. The zero-order chi connectivity index (χ0) is 11.0. The highest BCUT2D eigenvalue weighted by Crippen LogP contribution is 2.33. The molecular formula is C12H16N2O. The van der Waals surface area contributed by atoms with Crippen molar-refractivity contribution in [3.05, 3.63) is 28.8 Å². The minimum absolute atomic E-state index is 0.0767. The van der Waals surface area contributed by atoms with Crippen molar-refractivity contribution in [1.82, 2.24) is 0 Å². The van der Waals surface area contributed by atoms with Gasteiger partial charge in [0.05, 0.1) is 6.42 Å². The van der Waals surface area contributed by atoms with Gasteiger partial charge in [0.1, 0.15) is 0 Å². The van der Waals surface area contributed by atoms with E-state index in [1.54, 1.807) is 0 Å². The molecule has 1 aromatic carbocycles. The van der Waals surface area contributed by atoms with E-state index in [4.69, 9.17) is 5.73 Å². The van der Waals surface area contributed by atoms with Crippen molar-refractivity contribution in [1.29, 1.82) is 0 Å². The fraction of sp³-hybridized carbons (Fsp3) is 0.417. The molecule has 80 valence electrons. The van der Waals surface area contributed by atoms with Crippen molar-refractivity contribution in [3.8, 4) is 0 Å². The van der Waals surface area contributed by atoms with E-state index in [1.165, 1.54) is 5.56 Å². The van der Waals surface area contributed by atoms with Gasteiger partial charge in [-0.3, -0.25) is 4.79 Å². The van der Waals surface area contributed by atoms with Crippen LogP contribution in [-0.4, -0.2) is 5.91 Å². The van der Waals surface area contributed by atoms with Gasteiger partial charge >= 0.3 is 0 Å². The van der Waals surface area contributed by atoms with E-state index in [9.17, 15) is 4.79 Å². The van der Waals surface area contributed by atoms with E-state index in [-0.39, 0.29) is 5.91 Å². The van der Waals surface area contributed by atoms with Crippen molar-refractivity contribution in [2.24, 2.45) is 5.73 Å². The monoisotopic (exact) mass is 204 g/mol. The normalized spacial score (nSPS) is 14.3. The number of fused-ring (bicyclic) bond motifs is 1. The molecule has 3 nitrogen and oxygen atoms in total. The summed E-state index contributed by atoms with van der Waals surface area (Å²) in [5.74, 6) is 0.520. The van der Waals surface area contributed by atoms with E-state index >= 15 is 0 Å². The molecule has 0 bridgehead atoms. The first-order valence-corrected chi connectivity index (χ1v) is 5.28. The predicted octanol–water partition coefficient (Wildman–Crippen LogP) is 1.76. The minimum Gasteiger partial charge on any atom is -0.326 e. The second kappa shape index (κ2) is 3.66. The highest BCUT2D eigenvalue weighted by atomic mass is 16.1. The van der Waals surface area contributed by atoms with Crippen molar-refractivity contribution in [2.45, 2.75) is 32.7 Å². The van der Waals surface area contributed by atoms with E-state index in [0.29, 0.717) is 18.9 Å². The van der Waals surface area contributed by atoms with Crippen molar-refractivity contribution >= 4 is 11.6 Å². The Bertz CT molecular complexity index is 410. The van der Waals surface area contributed by atoms with Crippen LogP contribution in [0.1, 0.15) is 36.5 Å². The van der Waals surface area contributed by atoms with Gasteiger partial charge in [0.25, 0.3) is 0 Å². The number of carbonyl (C=O) groups excluding carboxylic acids is 1. The number of nitrogens with one attached hydrogen (secondary N) is 1. The summed E-state index contributed by atoms with van der Waals surface area (Å²) in [4.78, 5) is 11.4. The summed E-state index contributed by atoms with van der Waals surface area (Å²) in [7, 11) is 0. The maximum absolute atomic E-state index is 11.4. The Morgan fingerprint density at radius 1 is 1.47 bits per heavy atom. The fourth-order valence-corrected chi connectivity index (χ4v) is 2.11.